The maximum atomic E-state index is 10.8. The van der Waals surface area contributed by atoms with Crippen molar-refractivity contribution < 1.29 is 4.92 Å². The summed E-state index contributed by atoms with van der Waals surface area (Å²) >= 11 is 0.0416. The zero-order chi connectivity index (χ0) is 17.2. The van der Waals surface area contributed by atoms with Crippen LogP contribution in [0.3, 0.4) is 0 Å². The van der Waals surface area contributed by atoms with Crippen LogP contribution >= 0.6 is 0 Å². The van der Waals surface area contributed by atoms with Gasteiger partial charge in [-0.2, -0.15) is 0 Å². The van der Waals surface area contributed by atoms with E-state index in [1.165, 1.54) is 9.85 Å². The van der Waals surface area contributed by atoms with Crippen LogP contribution in [0.5, 0.6) is 0 Å². The van der Waals surface area contributed by atoms with E-state index in [9.17, 15) is 10.1 Å². The van der Waals surface area contributed by atoms with Gasteiger partial charge in [0.1, 0.15) is 0 Å². The molecule has 1 N–H and O–H groups in total. The standard InChI is InChI=1S/C20H14N2O2Se/c23-22(24)15-10-12-16(13-11-15)25-20-17-8-4-5-9-18(17)21-19(20)14-6-2-1-3-7-14/h1-13,21H. The van der Waals surface area contributed by atoms with Gasteiger partial charge >= 0.3 is 151 Å². The fourth-order valence-corrected chi connectivity index (χ4v) is 5.02. The third-order valence-electron chi connectivity index (χ3n) is 3.99. The number of H-pyrrole nitrogens is 1. The molecule has 0 fully saturated rings. The summed E-state index contributed by atoms with van der Waals surface area (Å²) in [6.07, 6.45) is 0. The summed E-state index contributed by atoms with van der Waals surface area (Å²) in [5.41, 5.74) is 3.51. The Morgan fingerprint density at radius 3 is 2.24 bits per heavy atom. The first-order valence-electron chi connectivity index (χ1n) is 7.81. The number of nitro groups is 1. The minimum atomic E-state index is -0.363. The van der Waals surface area contributed by atoms with Crippen LogP contribution in [0.4, 0.5) is 5.69 Å². The molecule has 0 amide bonds. The van der Waals surface area contributed by atoms with Crippen molar-refractivity contribution in [3.8, 4) is 11.3 Å². The molecule has 0 saturated carbocycles. The van der Waals surface area contributed by atoms with Gasteiger partial charge in [0.15, 0.2) is 0 Å². The van der Waals surface area contributed by atoms with E-state index in [1.54, 1.807) is 12.1 Å². The number of hydrogen-bond acceptors (Lipinski definition) is 2. The normalized spacial score (nSPS) is 10.9. The number of benzene rings is 3. The molecule has 0 aliphatic carbocycles. The van der Waals surface area contributed by atoms with E-state index in [1.807, 2.05) is 42.5 Å². The van der Waals surface area contributed by atoms with Crippen molar-refractivity contribution in [1.29, 1.82) is 0 Å². The summed E-state index contributed by atoms with van der Waals surface area (Å²) in [4.78, 5) is 14.0. The quantitative estimate of drug-likeness (QED) is 0.328. The van der Waals surface area contributed by atoms with Gasteiger partial charge in [0.2, 0.25) is 0 Å². The topological polar surface area (TPSA) is 58.9 Å². The Balaban J connectivity index is 1.81. The number of hydrogen-bond donors (Lipinski definition) is 1. The van der Waals surface area contributed by atoms with Crippen LogP contribution in [0, 0.1) is 10.1 Å². The van der Waals surface area contributed by atoms with E-state index < -0.39 is 0 Å². The Labute approximate surface area is 150 Å². The van der Waals surface area contributed by atoms with Crippen LogP contribution in [0.25, 0.3) is 22.2 Å². The van der Waals surface area contributed by atoms with Gasteiger partial charge in [0.05, 0.1) is 0 Å². The van der Waals surface area contributed by atoms with Crippen LogP contribution in [-0.4, -0.2) is 24.9 Å². The fraction of sp³-hybridized carbons (Fsp3) is 0. The summed E-state index contributed by atoms with van der Waals surface area (Å²) in [5, 5.41) is 12.1. The molecular formula is C20H14N2O2Se. The first kappa shape index (κ1) is 15.6. The number of rotatable bonds is 4. The van der Waals surface area contributed by atoms with Gasteiger partial charge in [-0.15, -0.1) is 0 Å². The second-order valence-corrected chi connectivity index (χ2v) is 7.87. The summed E-state index contributed by atoms with van der Waals surface area (Å²) in [6, 6.07) is 25.4. The first-order valence-corrected chi connectivity index (χ1v) is 9.52. The zero-order valence-electron chi connectivity index (χ0n) is 13.2. The van der Waals surface area contributed by atoms with E-state index in [0.717, 1.165) is 21.2 Å². The van der Waals surface area contributed by atoms with Crippen molar-refractivity contribution in [1.82, 2.24) is 4.98 Å². The van der Waals surface area contributed by atoms with Crippen molar-refractivity contribution >= 4 is 40.5 Å². The number of nitro benzene ring substituents is 1. The monoisotopic (exact) mass is 394 g/mol. The Morgan fingerprint density at radius 1 is 0.840 bits per heavy atom. The zero-order valence-corrected chi connectivity index (χ0v) is 14.9. The molecule has 4 nitrogen and oxygen atoms in total. The van der Waals surface area contributed by atoms with E-state index in [0.29, 0.717) is 0 Å². The third kappa shape index (κ3) is 3.07. The third-order valence-corrected chi connectivity index (χ3v) is 6.37. The number of non-ortho nitro benzene ring substituents is 1. The van der Waals surface area contributed by atoms with Gasteiger partial charge in [0.25, 0.3) is 0 Å². The van der Waals surface area contributed by atoms with Gasteiger partial charge in [0, 0.05) is 0 Å². The molecule has 1 aromatic heterocycles. The molecule has 25 heavy (non-hydrogen) atoms. The van der Waals surface area contributed by atoms with E-state index in [-0.39, 0.29) is 25.6 Å². The van der Waals surface area contributed by atoms with Crippen molar-refractivity contribution in [2.75, 3.05) is 0 Å². The molecule has 0 aliphatic rings. The molecule has 122 valence electrons. The summed E-state index contributed by atoms with van der Waals surface area (Å²) in [6.45, 7) is 0. The van der Waals surface area contributed by atoms with Gasteiger partial charge in [-0.3, -0.25) is 0 Å². The summed E-state index contributed by atoms with van der Waals surface area (Å²) in [5.74, 6) is 0. The molecule has 4 rings (SSSR count). The minimum absolute atomic E-state index is 0.0416. The van der Waals surface area contributed by atoms with Crippen molar-refractivity contribution in [2.24, 2.45) is 0 Å². The number of para-hydroxylation sites is 1. The average Bonchev–Trinajstić information content (AvgIpc) is 3.02. The van der Waals surface area contributed by atoms with Crippen LogP contribution < -0.4 is 8.92 Å². The second-order valence-electron chi connectivity index (χ2n) is 5.59. The molecule has 3 aromatic carbocycles. The van der Waals surface area contributed by atoms with Crippen LogP contribution in [0.1, 0.15) is 0 Å². The fourth-order valence-electron chi connectivity index (χ4n) is 2.78. The number of aromatic amines is 1. The second kappa shape index (κ2) is 6.55. The van der Waals surface area contributed by atoms with Gasteiger partial charge in [-0.1, -0.05) is 0 Å². The molecule has 4 aromatic rings. The van der Waals surface area contributed by atoms with Gasteiger partial charge < -0.3 is 0 Å². The van der Waals surface area contributed by atoms with Gasteiger partial charge in [-0.05, 0) is 0 Å². The van der Waals surface area contributed by atoms with E-state index >= 15 is 0 Å². The summed E-state index contributed by atoms with van der Waals surface area (Å²) in [7, 11) is 0. The molecule has 0 saturated heterocycles. The molecule has 0 bridgehead atoms. The van der Waals surface area contributed by atoms with Crippen LogP contribution in [0.2, 0.25) is 0 Å². The average molecular weight is 393 g/mol. The predicted molar refractivity (Wildman–Crippen MR) is 102 cm³/mol. The Morgan fingerprint density at radius 2 is 1.52 bits per heavy atom. The van der Waals surface area contributed by atoms with Crippen molar-refractivity contribution in [2.45, 2.75) is 0 Å². The number of fused-ring (bicyclic) bond motifs is 1. The Hall–Kier alpha value is -2.88. The van der Waals surface area contributed by atoms with Crippen LogP contribution in [0.15, 0.2) is 78.9 Å². The number of nitrogens with one attached hydrogen (secondary N) is 1. The van der Waals surface area contributed by atoms with Crippen molar-refractivity contribution in [3.05, 3.63) is 89.0 Å². The molecular weight excluding hydrogens is 379 g/mol. The number of nitrogens with zero attached hydrogens (tertiary/aromatic N) is 1. The molecule has 0 spiro atoms. The molecule has 0 unspecified atom stereocenters. The first-order chi connectivity index (χ1) is 12.2. The molecule has 5 heteroatoms. The SMILES string of the molecule is O=[N+]([O-])c1ccc([Se]c2c(-c3ccccc3)[nH]c3ccccc23)cc1. The summed E-state index contributed by atoms with van der Waals surface area (Å²) < 4.78 is 2.38. The molecule has 1 heterocycles. The maximum absolute atomic E-state index is 10.8. The van der Waals surface area contributed by atoms with Crippen molar-refractivity contribution in [3.63, 3.8) is 0 Å². The Bertz CT molecular complexity index is 1040. The van der Waals surface area contributed by atoms with Gasteiger partial charge in [-0.25, -0.2) is 0 Å². The van der Waals surface area contributed by atoms with E-state index in [4.69, 9.17) is 0 Å². The number of aromatic nitrogens is 1. The van der Waals surface area contributed by atoms with E-state index in [2.05, 4.69) is 29.2 Å². The molecule has 0 aliphatic heterocycles. The van der Waals surface area contributed by atoms with Crippen LogP contribution in [-0.2, 0) is 0 Å². The predicted octanol–water partition coefficient (Wildman–Crippen LogP) is 3.40. The molecule has 0 atom stereocenters. The molecule has 0 radical (unpaired) electrons. The Kier molecular flexibility index (Phi) is 4.10.